The predicted octanol–water partition coefficient (Wildman–Crippen LogP) is 4.28. The summed E-state index contributed by atoms with van der Waals surface area (Å²) in [5.74, 6) is 1.72. The maximum absolute atomic E-state index is 14.3. The fourth-order valence-corrected chi connectivity index (χ4v) is 3.98. The Balaban J connectivity index is 1.56. The second-order valence-electron chi connectivity index (χ2n) is 7.09. The Morgan fingerprint density at radius 2 is 1.93 bits per heavy atom. The highest BCUT2D eigenvalue weighted by atomic mass is 19.1. The van der Waals surface area contributed by atoms with E-state index in [0.29, 0.717) is 17.0 Å². The van der Waals surface area contributed by atoms with Crippen LogP contribution in [0.1, 0.15) is 24.4 Å². The number of aromatic nitrogens is 4. The molecule has 1 unspecified atom stereocenters. The maximum Gasteiger partial charge on any atom is 0.188 e. The van der Waals surface area contributed by atoms with Gasteiger partial charge in [-0.25, -0.2) is 4.39 Å². The number of ether oxygens (including phenoxy) is 1. The molecule has 146 valence electrons. The lowest BCUT2D eigenvalue weighted by atomic mass is 10.0. The molecule has 1 fully saturated rings. The lowest BCUT2D eigenvalue weighted by Crippen LogP contribution is -2.24. The fraction of sp³-hybridized carbons (Fsp3) is 0.227. The smallest absolute Gasteiger partial charge is 0.188 e. The molecule has 29 heavy (non-hydrogen) atoms. The molecule has 7 heteroatoms. The van der Waals surface area contributed by atoms with Gasteiger partial charge >= 0.3 is 0 Å². The molecule has 1 aliphatic heterocycles. The van der Waals surface area contributed by atoms with Crippen LogP contribution in [0.2, 0.25) is 0 Å². The van der Waals surface area contributed by atoms with E-state index in [2.05, 4.69) is 27.2 Å². The normalized spacial score (nSPS) is 16.5. The molecule has 0 bridgehead atoms. The summed E-state index contributed by atoms with van der Waals surface area (Å²) < 4.78 is 21.3. The molecule has 5 rings (SSSR count). The van der Waals surface area contributed by atoms with Crippen LogP contribution in [0.25, 0.3) is 17.0 Å². The first-order valence-corrected chi connectivity index (χ1v) is 9.62. The van der Waals surface area contributed by atoms with Crippen LogP contribution in [0.15, 0.2) is 60.7 Å². The third-order valence-electron chi connectivity index (χ3n) is 5.39. The first-order chi connectivity index (χ1) is 14.2. The molecule has 3 heterocycles. The Bertz CT molecular complexity index is 1170. The molecule has 0 spiro atoms. The summed E-state index contributed by atoms with van der Waals surface area (Å²) in [5.41, 5.74) is 2.17. The van der Waals surface area contributed by atoms with Crippen molar-refractivity contribution in [2.75, 3.05) is 18.6 Å². The lowest BCUT2D eigenvalue weighted by molar-refractivity contribution is 0.414. The topological polar surface area (TPSA) is 55.5 Å². The van der Waals surface area contributed by atoms with Gasteiger partial charge in [-0.1, -0.05) is 24.3 Å². The van der Waals surface area contributed by atoms with Gasteiger partial charge in [0.05, 0.1) is 18.7 Å². The minimum absolute atomic E-state index is 0.212. The highest BCUT2D eigenvalue weighted by molar-refractivity contribution is 5.60. The summed E-state index contributed by atoms with van der Waals surface area (Å²) in [4.78, 5) is 2.28. The molecule has 0 radical (unpaired) electrons. The van der Waals surface area contributed by atoms with Crippen molar-refractivity contribution in [3.63, 3.8) is 0 Å². The highest BCUT2D eigenvalue weighted by Crippen LogP contribution is 2.36. The zero-order valence-electron chi connectivity index (χ0n) is 16.0. The van der Waals surface area contributed by atoms with E-state index >= 15 is 0 Å². The number of hydrogen-bond donors (Lipinski definition) is 0. The molecule has 0 amide bonds. The fourth-order valence-electron chi connectivity index (χ4n) is 3.98. The second kappa shape index (κ2) is 7.16. The number of halogens is 1. The molecule has 0 aliphatic carbocycles. The van der Waals surface area contributed by atoms with E-state index in [1.165, 1.54) is 11.6 Å². The molecular weight excluding hydrogens is 369 g/mol. The van der Waals surface area contributed by atoms with Gasteiger partial charge in [0, 0.05) is 6.54 Å². The molecule has 0 N–H and O–H groups in total. The number of anilines is 1. The average molecular weight is 389 g/mol. The first-order valence-electron chi connectivity index (χ1n) is 9.62. The summed E-state index contributed by atoms with van der Waals surface area (Å²) in [7, 11) is 1.68. The molecule has 2 aromatic carbocycles. The van der Waals surface area contributed by atoms with E-state index < -0.39 is 0 Å². The van der Waals surface area contributed by atoms with Crippen molar-refractivity contribution < 1.29 is 9.13 Å². The van der Waals surface area contributed by atoms with Gasteiger partial charge < -0.3 is 9.64 Å². The van der Waals surface area contributed by atoms with Gasteiger partial charge in [0.15, 0.2) is 11.5 Å². The minimum atomic E-state index is -0.343. The average Bonchev–Trinajstić information content (AvgIpc) is 3.41. The molecule has 6 nitrogen and oxygen atoms in total. The second-order valence-corrected chi connectivity index (χ2v) is 7.09. The Morgan fingerprint density at radius 3 is 2.79 bits per heavy atom. The SMILES string of the molecule is COc1cccc(C2CCCN2c2ccc3nnc(-c4ccccc4F)n3n2)c1. The molecule has 0 saturated carbocycles. The third-order valence-corrected chi connectivity index (χ3v) is 5.39. The molecule has 1 aliphatic rings. The number of hydrogen-bond acceptors (Lipinski definition) is 5. The van der Waals surface area contributed by atoms with Gasteiger partial charge in [-0.05, 0) is 54.8 Å². The van der Waals surface area contributed by atoms with E-state index in [9.17, 15) is 4.39 Å². The van der Waals surface area contributed by atoms with Crippen LogP contribution in [0.3, 0.4) is 0 Å². The van der Waals surface area contributed by atoms with Crippen LogP contribution in [-0.2, 0) is 0 Å². The van der Waals surface area contributed by atoms with Crippen LogP contribution in [-0.4, -0.2) is 33.5 Å². The number of benzene rings is 2. The Hall–Kier alpha value is -3.48. The Morgan fingerprint density at radius 1 is 1.03 bits per heavy atom. The van der Waals surface area contributed by atoms with Crippen molar-refractivity contribution >= 4 is 11.5 Å². The summed E-state index contributed by atoms with van der Waals surface area (Å²) in [6, 6.07) is 18.7. The standard InChI is InChI=1S/C22H20FN5O/c1-29-16-7-4-6-15(14-16)19-10-5-13-27(19)21-12-11-20-24-25-22(28(20)26-21)17-8-2-3-9-18(17)23/h2-4,6-9,11-12,14,19H,5,10,13H2,1H3. The van der Waals surface area contributed by atoms with E-state index in [1.807, 2.05) is 24.3 Å². The van der Waals surface area contributed by atoms with E-state index in [0.717, 1.165) is 31.0 Å². The third kappa shape index (κ3) is 3.08. The van der Waals surface area contributed by atoms with E-state index in [1.54, 1.807) is 29.8 Å². The van der Waals surface area contributed by atoms with Crippen LogP contribution >= 0.6 is 0 Å². The zero-order chi connectivity index (χ0) is 19.8. The van der Waals surface area contributed by atoms with Gasteiger partial charge in [0.1, 0.15) is 17.4 Å². The van der Waals surface area contributed by atoms with Crippen molar-refractivity contribution in [2.24, 2.45) is 0 Å². The minimum Gasteiger partial charge on any atom is -0.497 e. The summed E-state index contributed by atoms with van der Waals surface area (Å²) in [5, 5.41) is 13.1. The van der Waals surface area contributed by atoms with Crippen molar-refractivity contribution in [1.29, 1.82) is 0 Å². The monoisotopic (exact) mass is 389 g/mol. The molecule has 2 aromatic heterocycles. The summed E-state index contributed by atoms with van der Waals surface area (Å²) in [6.45, 7) is 0.900. The van der Waals surface area contributed by atoms with Crippen molar-refractivity contribution in [3.05, 3.63) is 72.0 Å². The van der Waals surface area contributed by atoms with E-state index in [4.69, 9.17) is 9.84 Å². The van der Waals surface area contributed by atoms with Crippen LogP contribution in [0.4, 0.5) is 10.2 Å². The first kappa shape index (κ1) is 17.6. The molecule has 4 aromatic rings. The number of methoxy groups -OCH3 is 1. The van der Waals surface area contributed by atoms with Gasteiger partial charge in [0.2, 0.25) is 0 Å². The van der Waals surface area contributed by atoms with Crippen LogP contribution < -0.4 is 9.64 Å². The predicted molar refractivity (Wildman–Crippen MR) is 108 cm³/mol. The molecule has 1 saturated heterocycles. The number of fused-ring (bicyclic) bond motifs is 1. The van der Waals surface area contributed by atoms with Crippen molar-refractivity contribution in [1.82, 2.24) is 19.8 Å². The van der Waals surface area contributed by atoms with Crippen molar-refractivity contribution in [2.45, 2.75) is 18.9 Å². The zero-order valence-corrected chi connectivity index (χ0v) is 16.0. The van der Waals surface area contributed by atoms with Gasteiger partial charge in [-0.2, -0.15) is 4.52 Å². The summed E-state index contributed by atoms with van der Waals surface area (Å²) in [6.07, 6.45) is 2.11. The molecular formula is C22H20FN5O. The Labute approximate surface area is 167 Å². The number of nitrogens with zero attached hydrogens (tertiary/aromatic N) is 5. The lowest BCUT2D eigenvalue weighted by Gasteiger charge is -2.26. The Kier molecular flexibility index (Phi) is 4.35. The molecule has 1 atom stereocenters. The maximum atomic E-state index is 14.3. The highest BCUT2D eigenvalue weighted by Gasteiger charge is 2.28. The quantitative estimate of drug-likeness (QED) is 0.521. The van der Waals surface area contributed by atoms with Crippen LogP contribution in [0.5, 0.6) is 5.75 Å². The van der Waals surface area contributed by atoms with Crippen molar-refractivity contribution in [3.8, 4) is 17.1 Å². The van der Waals surface area contributed by atoms with E-state index in [-0.39, 0.29) is 11.9 Å². The van der Waals surface area contributed by atoms with Gasteiger partial charge in [-0.3, -0.25) is 0 Å². The van der Waals surface area contributed by atoms with Gasteiger partial charge in [0.25, 0.3) is 0 Å². The number of rotatable bonds is 4. The van der Waals surface area contributed by atoms with Crippen LogP contribution in [0, 0.1) is 5.82 Å². The summed E-state index contributed by atoms with van der Waals surface area (Å²) >= 11 is 0. The largest absolute Gasteiger partial charge is 0.497 e. The van der Waals surface area contributed by atoms with Gasteiger partial charge in [-0.15, -0.1) is 15.3 Å².